The van der Waals surface area contributed by atoms with E-state index in [9.17, 15) is 4.79 Å². The van der Waals surface area contributed by atoms with Gasteiger partial charge in [-0.15, -0.1) is 0 Å². The number of carbonyl (C=O) groups excluding carboxylic acids is 1. The van der Waals surface area contributed by atoms with Crippen molar-refractivity contribution in [3.63, 3.8) is 0 Å². The molecule has 2 unspecified atom stereocenters. The Morgan fingerprint density at radius 2 is 1.82 bits per heavy atom. The normalized spacial score (nSPS) is 24.0. The summed E-state index contributed by atoms with van der Waals surface area (Å²) in [6.45, 7) is 8.92. The lowest BCUT2D eigenvalue weighted by Crippen LogP contribution is -2.26. The van der Waals surface area contributed by atoms with E-state index in [1.165, 1.54) is 11.1 Å². The first-order valence-corrected chi connectivity index (χ1v) is 6.24. The first-order valence-electron chi connectivity index (χ1n) is 6.24. The van der Waals surface area contributed by atoms with Crippen molar-refractivity contribution in [2.45, 2.75) is 40.2 Å². The minimum absolute atomic E-state index is 0.149. The second-order valence-corrected chi connectivity index (χ2v) is 5.17. The average molecular weight is 232 g/mol. The number of hydrogen-bond acceptors (Lipinski definition) is 2. The number of ketones is 1. The van der Waals surface area contributed by atoms with Gasteiger partial charge in [0.25, 0.3) is 0 Å². The van der Waals surface area contributed by atoms with E-state index in [0.717, 1.165) is 17.5 Å². The van der Waals surface area contributed by atoms with E-state index < -0.39 is 0 Å². The molecule has 0 bridgehead atoms. The van der Waals surface area contributed by atoms with Gasteiger partial charge in [0.05, 0.1) is 0 Å². The minimum Gasteiger partial charge on any atom is -0.370 e. The van der Waals surface area contributed by atoms with E-state index in [1.54, 1.807) is 0 Å². The Balaban J connectivity index is 2.34. The molecule has 0 aromatic heterocycles. The molecule has 2 nitrogen and oxygen atoms in total. The molecule has 1 saturated heterocycles. The van der Waals surface area contributed by atoms with E-state index >= 15 is 0 Å². The lowest BCUT2D eigenvalue weighted by atomic mass is 9.91. The van der Waals surface area contributed by atoms with Crippen LogP contribution in [0.4, 0.5) is 0 Å². The Bertz CT molecular complexity index is 448. The molecule has 1 aliphatic heterocycles. The van der Waals surface area contributed by atoms with Gasteiger partial charge in [-0.3, -0.25) is 4.79 Å². The van der Waals surface area contributed by atoms with Crippen LogP contribution >= 0.6 is 0 Å². The molecule has 1 fully saturated rings. The van der Waals surface area contributed by atoms with Crippen LogP contribution in [0.1, 0.15) is 40.4 Å². The fourth-order valence-electron chi connectivity index (χ4n) is 2.41. The Labute approximate surface area is 103 Å². The number of rotatable bonds is 2. The highest BCUT2D eigenvalue weighted by molar-refractivity contribution is 6.01. The zero-order valence-corrected chi connectivity index (χ0v) is 11.0. The molecule has 0 N–H and O–H groups in total. The molecule has 1 heterocycles. The number of Topliss-reactive ketones (excluding diaryl/α,β-unsaturated/α-hetero) is 1. The lowest BCUT2D eigenvalue weighted by molar-refractivity contribution is 0.0578. The van der Waals surface area contributed by atoms with Crippen molar-refractivity contribution in [1.82, 2.24) is 0 Å². The molecule has 1 aliphatic rings. The highest BCUT2D eigenvalue weighted by Crippen LogP contribution is 2.26. The standard InChI is InChI=1S/C15H20O2/c1-9-5-6-17-15(9)14(16)13-8-11(3)10(2)7-12(13)4/h7-9,15H,5-6H2,1-4H3. The molecule has 2 rings (SSSR count). The summed E-state index contributed by atoms with van der Waals surface area (Å²) in [4.78, 5) is 12.4. The van der Waals surface area contributed by atoms with E-state index in [-0.39, 0.29) is 11.9 Å². The number of carbonyl (C=O) groups is 1. The van der Waals surface area contributed by atoms with E-state index in [4.69, 9.17) is 4.74 Å². The zero-order valence-electron chi connectivity index (χ0n) is 11.0. The van der Waals surface area contributed by atoms with E-state index in [0.29, 0.717) is 12.5 Å². The number of aryl methyl sites for hydroxylation is 3. The molecular formula is C15H20O2. The molecule has 0 saturated carbocycles. The summed E-state index contributed by atoms with van der Waals surface area (Å²) in [7, 11) is 0. The second kappa shape index (κ2) is 4.61. The van der Waals surface area contributed by atoms with Gasteiger partial charge in [0, 0.05) is 12.2 Å². The van der Waals surface area contributed by atoms with Crippen molar-refractivity contribution in [2.75, 3.05) is 6.61 Å². The molecule has 1 aromatic carbocycles. The van der Waals surface area contributed by atoms with Crippen molar-refractivity contribution in [1.29, 1.82) is 0 Å². The summed E-state index contributed by atoms with van der Waals surface area (Å²) in [6.07, 6.45) is 0.746. The van der Waals surface area contributed by atoms with Gasteiger partial charge >= 0.3 is 0 Å². The summed E-state index contributed by atoms with van der Waals surface area (Å²) in [6, 6.07) is 4.09. The third kappa shape index (κ3) is 2.27. The lowest BCUT2D eigenvalue weighted by Gasteiger charge is -2.16. The number of hydrogen-bond donors (Lipinski definition) is 0. The summed E-state index contributed by atoms with van der Waals surface area (Å²) >= 11 is 0. The SMILES string of the molecule is Cc1cc(C)c(C(=O)C2OCCC2C)cc1C. The molecular weight excluding hydrogens is 212 g/mol. The Morgan fingerprint density at radius 3 is 2.41 bits per heavy atom. The van der Waals surface area contributed by atoms with Gasteiger partial charge in [-0.05, 0) is 55.9 Å². The summed E-state index contributed by atoms with van der Waals surface area (Å²) in [5.41, 5.74) is 4.29. The van der Waals surface area contributed by atoms with Gasteiger partial charge in [0.1, 0.15) is 6.10 Å². The van der Waals surface area contributed by atoms with Crippen LogP contribution in [-0.4, -0.2) is 18.5 Å². The first-order chi connectivity index (χ1) is 8.00. The molecule has 1 aromatic rings. The molecule has 17 heavy (non-hydrogen) atoms. The van der Waals surface area contributed by atoms with Crippen LogP contribution in [0.2, 0.25) is 0 Å². The van der Waals surface area contributed by atoms with Crippen LogP contribution in [0, 0.1) is 26.7 Å². The fraction of sp³-hybridized carbons (Fsp3) is 0.533. The zero-order chi connectivity index (χ0) is 12.6. The highest BCUT2D eigenvalue weighted by Gasteiger charge is 2.32. The van der Waals surface area contributed by atoms with Gasteiger partial charge in [0.2, 0.25) is 0 Å². The number of benzene rings is 1. The molecule has 0 radical (unpaired) electrons. The maximum absolute atomic E-state index is 12.4. The maximum Gasteiger partial charge on any atom is 0.192 e. The Morgan fingerprint density at radius 1 is 1.18 bits per heavy atom. The van der Waals surface area contributed by atoms with Crippen molar-refractivity contribution >= 4 is 5.78 Å². The largest absolute Gasteiger partial charge is 0.370 e. The second-order valence-electron chi connectivity index (χ2n) is 5.17. The predicted octanol–water partition coefficient (Wildman–Crippen LogP) is 3.22. The third-order valence-corrected chi connectivity index (χ3v) is 3.75. The summed E-state index contributed by atoms with van der Waals surface area (Å²) < 4.78 is 5.56. The van der Waals surface area contributed by atoms with Crippen LogP contribution in [0.15, 0.2) is 12.1 Å². The van der Waals surface area contributed by atoms with Crippen LogP contribution in [0.3, 0.4) is 0 Å². The molecule has 0 spiro atoms. The van der Waals surface area contributed by atoms with Crippen LogP contribution in [0.5, 0.6) is 0 Å². The van der Waals surface area contributed by atoms with Crippen molar-refractivity contribution < 1.29 is 9.53 Å². The minimum atomic E-state index is -0.240. The first kappa shape index (κ1) is 12.3. The van der Waals surface area contributed by atoms with Crippen LogP contribution < -0.4 is 0 Å². The van der Waals surface area contributed by atoms with Gasteiger partial charge in [0.15, 0.2) is 5.78 Å². The molecule has 2 atom stereocenters. The smallest absolute Gasteiger partial charge is 0.192 e. The van der Waals surface area contributed by atoms with Crippen molar-refractivity contribution in [3.05, 3.63) is 34.4 Å². The highest BCUT2D eigenvalue weighted by atomic mass is 16.5. The van der Waals surface area contributed by atoms with Gasteiger partial charge in [-0.1, -0.05) is 13.0 Å². The van der Waals surface area contributed by atoms with Gasteiger partial charge in [-0.25, -0.2) is 0 Å². The predicted molar refractivity (Wildman–Crippen MR) is 68.5 cm³/mol. The summed E-state index contributed by atoms with van der Waals surface area (Å²) in [5.74, 6) is 0.485. The van der Waals surface area contributed by atoms with Gasteiger partial charge in [-0.2, -0.15) is 0 Å². The topological polar surface area (TPSA) is 26.3 Å². The number of ether oxygens (including phenoxy) is 1. The van der Waals surface area contributed by atoms with Crippen LogP contribution in [-0.2, 0) is 4.74 Å². The molecule has 0 aliphatic carbocycles. The molecule has 2 heteroatoms. The monoisotopic (exact) mass is 232 g/mol. The van der Waals surface area contributed by atoms with E-state index in [2.05, 4.69) is 19.9 Å². The van der Waals surface area contributed by atoms with Gasteiger partial charge < -0.3 is 4.74 Å². The van der Waals surface area contributed by atoms with Crippen molar-refractivity contribution in [3.8, 4) is 0 Å². The third-order valence-electron chi connectivity index (χ3n) is 3.75. The fourth-order valence-corrected chi connectivity index (χ4v) is 2.41. The molecule has 0 amide bonds. The molecule has 92 valence electrons. The van der Waals surface area contributed by atoms with Crippen molar-refractivity contribution in [2.24, 2.45) is 5.92 Å². The Kier molecular flexibility index (Phi) is 3.34. The van der Waals surface area contributed by atoms with E-state index in [1.807, 2.05) is 19.9 Å². The maximum atomic E-state index is 12.4. The quantitative estimate of drug-likeness (QED) is 0.732. The average Bonchev–Trinajstić information content (AvgIpc) is 2.69. The Hall–Kier alpha value is -1.15. The summed E-state index contributed by atoms with van der Waals surface area (Å²) in [5, 5.41) is 0. The van der Waals surface area contributed by atoms with Crippen LogP contribution in [0.25, 0.3) is 0 Å².